The summed E-state index contributed by atoms with van der Waals surface area (Å²) in [5.41, 5.74) is -0.504. The molecule has 2 aromatic rings. The quantitative estimate of drug-likeness (QED) is 0.670. The highest BCUT2D eigenvalue weighted by molar-refractivity contribution is 6.31. The Labute approximate surface area is 88.5 Å². The van der Waals surface area contributed by atoms with Gasteiger partial charge in [-0.25, -0.2) is 0 Å². The summed E-state index contributed by atoms with van der Waals surface area (Å²) in [7, 11) is 0. The van der Waals surface area contributed by atoms with Gasteiger partial charge < -0.3 is 0 Å². The van der Waals surface area contributed by atoms with Crippen LogP contribution < -0.4 is 0 Å². The molecule has 0 aliphatic carbocycles. The molecule has 0 unspecified atom stereocenters. The van der Waals surface area contributed by atoms with E-state index in [1.165, 1.54) is 24.4 Å². The Kier molecular flexibility index (Phi) is 2.31. The van der Waals surface area contributed by atoms with Crippen LogP contribution in [0, 0.1) is 0 Å². The number of nitrogens with zero attached hydrogens (tertiary/aromatic N) is 1. The molecule has 0 N–H and O–H groups in total. The summed E-state index contributed by atoms with van der Waals surface area (Å²) in [6.45, 7) is 0. The summed E-state index contributed by atoms with van der Waals surface area (Å²) < 4.78 is 37.8. The van der Waals surface area contributed by atoms with E-state index in [4.69, 9.17) is 11.6 Å². The van der Waals surface area contributed by atoms with E-state index >= 15 is 0 Å². The Morgan fingerprint density at radius 3 is 2.60 bits per heavy atom. The molecular weight excluding hydrogens is 227 g/mol. The molecule has 0 bridgehead atoms. The third-order valence-electron chi connectivity index (χ3n) is 1.99. The summed E-state index contributed by atoms with van der Waals surface area (Å²) in [5, 5.41) is 0.0999. The van der Waals surface area contributed by atoms with E-state index in [2.05, 4.69) is 4.98 Å². The lowest BCUT2D eigenvalue weighted by atomic mass is 10.1. The van der Waals surface area contributed by atoms with E-state index in [0.717, 1.165) is 6.07 Å². The minimum absolute atomic E-state index is 0.0357. The smallest absolute Gasteiger partial charge is 0.256 e. The Balaban J connectivity index is 2.83. The highest BCUT2D eigenvalue weighted by atomic mass is 35.5. The minimum Gasteiger partial charge on any atom is -0.256 e. The molecule has 0 saturated carbocycles. The Hall–Kier alpha value is -1.29. The molecule has 1 aromatic carbocycles. The van der Waals surface area contributed by atoms with Crippen molar-refractivity contribution in [1.29, 1.82) is 0 Å². The molecule has 0 atom stereocenters. The van der Waals surface area contributed by atoms with Gasteiger partial charge in [-0.3, -0.25) is 4.98 Å². The number of benzene rings is 1. The second-order valence-electron chi connectivity index (χ2n) is 3.02. The Morgan fingerprint density at radius 2 is 1.93 bits per heavy atom. The maximum absolute atomic E-state index is 12.6. The van der Waals surface area contributed by atoms with E-state index in [1.807, 2.05) is 0 Å². The van der Waals surface area contributed by atoms with E-state index < -0.39 is 11.7 Å². The first kappa shape index (κ1) is 10.2. The maximum atomic E-state index is 12.6. The first-order chi connectivity index (χ1) is 6.98. The monoisotopic (exact) mass is 231 g/mol. The van der Waals surface area contributed by atoms with Crippen molar-refractivity contribution >= 4 is 22.5 Å². The van der Waals surface area contributed by atoms with Crippen molar-refractivity contribution in [2.75, 3.05) is 0 Å². The van der Waals surface area contributed by atoms with Gasteiger partial charge in [0.1, 0.15) is 0 Å². The number of hydrogen-bond acceptors (Lipinski definition) is 1. The zero-order chi connectivity index (χ0) is 11.1. The predicted octanol–water partition coefficient (Wildman–Crippen LogP) is 3.91. The molecule has 2 rings (SSSR count). The third-order valence-corrected chi connectivity index (χ3v) is 2.21. The molecule has 1 nitrogen and oxygen atoms in total. The van der Waals surface area contributed by atoms with Crippen molar-refractivity contribution in [2.24, 2.45) is 0 Å². The number of alkyl halides is 3. The fourth-order valence-electron chi connectivity index (χ4n) is 1.38. The summed E-state index contributed by atoms with van der Waals surface area (Å²) in [6, 6.07) is 5.16. The second kappa shape index (κ2) is 3.38. The highest BCUT2D eigenvalue weighted by Gasteiger charge is 2.33. The van der Waals surface area contributed by atoms with Gasteiger partial charge >= 0.3 is 6.18 Å². The second-order valence-corrected chi connectivity index (χ2v) is 3.46. The molecule has 0 fully saturated rings. The first-order valence-electron chi connectivity index (χ1n) is 4.10. The minimum atomic E-state index is -4.41. The van der Waals surface area contributed by atoms with Crippen molar-refractivity contribution in [3.8, 4) is 0 Å². The highest BCUT2D eigenvalue weighted by Crippen LogP contribution is 2.36. The average Bonchev–Trinajstić information content (AvgIpc) is 2.15. The van der Waals surface area contributed by atoms with Crippen LogP contribution in [0.25, 0.3) is 10.9 Å². The third kappa shape index (κ3) is 1.90. The van der Waals surface area contributed by atoms with Crippen LogP contribution in [0.4, 0.5) is 13.2 Å². The van der Waals surface area contributed by atoms with Crippen molar-refractivity contribution in [1.82, 2.24) is 4.98 Å². The van der Waals surface area contributed by atoms with Gasteiger partial charge in [0.05, 0.1) is 11.1 Å². The number of fused-ring (bicyclic) bond motifs is 1. The Morgan fingerprint density at radius 1 is 1.20 bits per heavy atom. The van der Waals surface area contributed by atoms with Gasteiger partial charge in [0.25, 0.3) is 0 Å². The fraction of sp³-hybridized carbons (Fsp3) is 0.100. The summed E-state index contributed by atoms with van der Waals surface area (Å²) >= 11 is 5.59. The summed E-state index contributed by atoms with van der Waals surface area (Å²) in [4.78, 5) is 3.83. The molecule has 15 heavy (non-hydrogen) atoms. The molecule has 0 saturated heterocycles. The van der Waals surface area contributed by atoms with E-state index in [9.17, 15) is 13.2 Å². The molecule has 0 radical (unpaired) electrons. The van der Waals surface area contributed by atoms with Crippen LogP contribution in [0.5, 0.6) is 0 Å². The van der Waals surface area contributed by atoms with Gasteiger partial charge in [-0.05, 0) is 18.2 Å². The molecule has 0 amide bonds. The number of halogens is 4. The van der Waals surface area contributed by atoms with Crippen LogP contribution in [0.3, 0.4) is 0 Å². The largest absolute Gasteiger partial charge is 0.417 e. The van der Waals surface area contributed by atoms with Gasteiger partial charge in [-0.1, -0.05) is 17.7 Å². The van der Waals surface area contributed by atoms with Gasteiger partial charge in [0.2, 0.25) is 0 Å². The lowest BCUT2D eigenvalue weighted by Gasteiger charge is -2.10. The fourth-order valence-corrected chi connectivity index (χ4v) is 1.60. The van der Waals surface area contributed by atoms with Crippen molar-refractivity contribution in [3.63, 3.8) is 0 Å². The number of aromatic nitrogens is 1. The van der Waals surface area contributed by atoms with Gasteiger partial charge in [-0.2, -0.15) is 13.2 Å². The zero-order valence-electron chi connectivity index (χ0n) is 7.35. The normalized spacial score (nSPS) is 12.0. The standard InChI is InChI=1S/C10H5ClF3N/c11-6-4-8(10(12,13)14)7-2-1-3-15-9(7)5-6/h1-5H. The molecule has 0 spiro atoms. The van der Waals surface area contributed by atoms with Crippen LogP contribution in [0.15, 0.2) is 30.5 Å². The number of rotatable bonds is 0. The molecule has 1 heterocycles. The summed E-state index contributed by atoms with van der Waals surface area (Å²) in [6.07, 6.45) is -2.98. The zero-order valence-corrected chi connectivity index (χ0v) is 8.10. The van der Waals surface area contributed by atoms with Gasteiger partial charge in [0.15, 0.2) is 0 Å². The maximum Gasteiger partial charge on any atom is 0.417 e. The van der Waals surface area contributed by atoms with Gasteiger partial charge in [-0.15, -0.1) is 0 Å². The summed E-state index contributed by atoms with van der Waals surface area (Å²) in [5.74, 6) is 0. The van der Waals surface area contributed by atoms with E-state index in [-0.39, 0.29) is 15.9 Å². The van der Waals surface area contributed by atoms with Crippen molar-refractivity contribution in [3.05, 3.63) is 41.0 Å². The topological polar surface area (TPSA) is 12.9 Å². The van der Waals surface area contributed by atoms with E-state index in [1.54, 1.807) is 0 Å². The molecule has 0 aliphatic rings. The van der Waals surface area contributed by atoms with Crippen LogP contribution in [-0.2, 0) is 6.18 Å². The molecule has 0 aliphatic heterocycles. The predicted molar refractivity (Wildman–Crippen MR) is 51.8 cm³/mol. The molecule has 1 aromatic heterocycles. The van der Waals surface area contributed by atoms with Crippen LogP contribution in [-0.4, -0.2) is 4.98 Å². The van der Waals surface area contributed by atoms with Crippen LogP contribution in [0.2, 0.25) is 5.02 Å². The molecule has 78 valence electrons. The van der Waals surface area contributed by atoms with Crippen LogP contribution >= 0.6 is 11.6 Å². The first-order valence-corrected chi connectivity index (χ1v) is 4.48. The SMILES string of the molecule is FC(F)(F)c1cc(Cl)cc2ncccc12. The number of hydrogen-bond donors (Lipinski definition) is 0. The lowest BCUT2D eigenvalue weighted by molar-refractivity contribution is -0.136. The lowest BCUT2D eigenvalue weighted by Crippen LogP contribution is -2.05. The average molecular weight is 232 g/mol. The molecule has 5 heteroatoms. The van der Waals surface area contributed by atoms with E-state index in [0.29, 0.717) is 0 Å². The van der Waals surface area contributed by atoms with Crippen molar-refractivity contribution in [2.45, 2.75) is 6.18 Å². The number of pyridine rings is 1. The van der Waals surface area contributed by atoms with Crippen LogP contribution in [0.1, 0.15) is 5.56 Å². The molecular formula is C10H5ClF3N. The Bertz CT molecular complexity index is 507. The van der Waals surface area contributed by atoms with Gasteiger partial charge in [0, 0.05) is 16.6 Å². The van der Waals surface area contributed by atoms with Crippen molar-refractivity contribution < 1.29 is 13.2 Å².